The van der Waals surface area contributed by atoms with Crippen molar-refractivity contribution in [1.29, 1.82) is 0 Å². The maximum atomic E-state index is 4.76. The van der Waals surface area contributed by atoms with E-state index in [1.165, 1.54) is 23.0 Å². The first-order chi connectivity index (χ1) is 11.8. The largest absolute Gasteiger partial charge is 0.293 e. The average Bonchev–Trinajstić information content (AvgIpc) is 2.64. The van der Waals surface area contributed by atoms with Gasteiger partial charge in [-0.2, -0.15) is 0 Å². The molecule has 0 spiro atoms. The van der Waals surface area contributed by atoms with Gasteiger partial charge in [0.15, 0.2) is 5.82 Å². The van der Waals surface area contributed by atoms with Crippen LogP contribution in [0, 0.1) is 6.92 Å². The van der Waals surface area contributed by atoms with Crippen LogP contribution in [0.25, 0.3) is 11.4 Å². The molecule has 5 nitrogen and oxygen atoms in total. The van der Waals surface area contributed by atoms with Gasteiger partial charge < -0.3 is 0 Å². The van der Waals surface area contributed by atoms with E-state index in [4.69, 9.17) is 4.98 Å². The first-order valence-electron chi connectivity index (χ1n) is 8.16. The lowest BCUT2D eigenvalue weighted by Gasteiger charge is -2.28. The molecule has 1 aromatic carbocycles. The van der Waals surface area contributed by atoms with E-state index in [1.54, 1.807) is 12.4 Å². The number of aryl methyl sites for hydroxylation is 1. The van der Waals surface area contributed by atoms with Crippen LogP contribution >= 0.6 is 0 Å². The number of nitrogens with zero attached hydrogens (tertiary/aromatic N) is 5. The van der Waals surface area contributed by atoms with Gasteiger partial charge in [-0.05, 0) is 24.5 Å². The van der Waals surface area contributed by atoms with Gasteiger partial charge in [-0.25, -0.2) is 19.9 Å². The summed E-state index contributed by atoms with van der Waals surface area (Å²) >= 11 is 0. The molecule has 0 saturated carbocycles. The minimum absolute atomic E-state index is 0.700. The van der Waals surface area contributed by atoms with Crippen LogP contribution in [0.2, 0.25) is 0 Å². The van der Waals surface area contributed by atoms with Crippen molar-refractivity contribution in [3.8, 4) is 11.4 Å². The molecule has 1 aliphatic rings. The van der Waals surface area contributed by atoms with E-state index < -0.39 is 0 Å². The second-order valence-corrected chi connectivity index (χ2v) is 6.24. The van der Waals surface area contributed by atoms with Crippen LogP contribution in [-0.2, 0) is 19.5 Å². The molecule has 4 rings (SSSR count). The molecule has 5 heteroatoms. The van der Waals surface area contributed by atoms with E-state index in [1.807, 2.05) is 6.20 Å². The molecule has 1 aliphatic heterocycles. The van der Waals surface area contributed by atoms with Gasteiger partial charge in [-0.15, -0.1) is 0 Å². The molecule has 3 heterocycles. The molecule has 0 bridgehead atoms. The van der Waals surface area contributed by atoms with Crippen LogP contribution in [0.4, 0.5) is 0 Å². The van der Waals surface area contributed by atoms with Crippen molar-refractivity contribution in [2.75, 3.05) is 6.54 Å². The molecule has 0 aliphatic carbocycles. The van der Waals surface area contributed by atoms with E-state index in [0.717, 1.165) is 37.3 Å². The summed E-state index contributed by atoms with van der Waals surface area (Å²) in [6.45, 7) is 4.96. The molecule has 0 radical (unpaired) electrons. The predicted molar refractivity (Wildman–Crippen MR) is 92.1 cm³/mol. The average molecular weight is 317 g/mol. The maximum absolute atomic E-state index is 4.76. The highest BCUT2D eigenvalue weighted by molar-refractivity contribution is 5.52. The first-order valence-corrected chi connectivity index (χ1v) is 8.16. The van der Waals surface area contributed by atoms with E-state index in [9.17, 15) is 0 Å². The Morgan fingerprint density at radius 1 is 1.04 bits per heavy atom. The number of hydrogen-bond acceptors (Lipinski definition) is 5. The highest BCUT2D eigenvalue weighted by Gasteiger charge is 2.19. The summed E-state index contributed by atoms with van der Waals surface area (Å²) in [7, 11) is 0. The van der Waals surface area contributed by atoms with Crippen molar-refractivity contribution in [3.05, 3.63) is 71.6 Å². The summed E-state index contributed by atoms with van der Waals surface area (Å²) in [5.74, 6) is 0.700. The summed E-state index contributed by atoms with van der Waals surface area (Å²) < 4.78 is 0. The van der Waals surface area contributed by atoms with E-state index >= 15 is 0 Å². The molecule has 0 saturated heterocycles. The fourth-order valence-corrected chi connectivity index (χ4v) is 3.00. The number of benzene rings is 1. The fraction of sp³-hybridized carbons (Fsp3) is 0.263. The highest BCUT2D eigenvalue weighted by Crippen LogP contribution is 2.21. The SMILES string of the molecule is Cc1ccc(CN2CCc3cnc(-c4cncnc4)nc3C2)cc1. The van der Waals surface area contributed by atoms with Gasteiger partial charge in [0.1, 0.15) is 6.33 Å². The van der Waals surface area contributed by atoms with Gasteiger partial charge in [0.05, 0.1) is 11.3 Å². The Morgan fingerprint density at radius 3 is 2.62 bits per heavy atom. The molecule has 120 valence electrons. The van der Waals surface area contributed by atoms with E-state index in [2.05, 4.69) is 51.0 Å². The molecule has 0 atom stereocenters. The Kier molecular flexibility index (Phi) is 4.01. The molecule has 24 heavy (non-hydrogen) atoms. The summed E-state index contributed by atoms with van der Waals surface area (Å²) in [5.41, 5.74) is 5.86. The summed E-state index contributed by atoms with van der Waals surface area (Å²) in [4.78, 5) is 19.8. The number of rotatable bonds is 3. The zero-order valence-corrected chi connectivity index (χ0v) is 13.7. The molecule has 2 aromatic heterocycles. The van der Waals surface area contributed by atoms with Crippen LogP contribution in [0.15, 0.2) is 49.2 Å². The van der Waals surface area contributed by atoms with Crippen molar-refractivity contribution in [1.82, 2.24) is 24.8 Å². The summed E-state index contributed by atoms with van der Waals surface area (Å²) in [6.07, 6.45) is 7.97. The standard InChI is InChI=1S/C19H19N5/c1-14-2-4-15(5-3-14)11-24-7-6-16-10-22-19(23-18(16)12-24)17-8-20-13-21-9-17/h2-5,8-10,13H,6-7,11-12H2,1H3. The van der Waals surface area contributed by atoms with Crippen LogP contribution in [0.5, 0.6) is 0 Å². The minimum atomic E-state index is 0.700. The second kappa shape index (κ2) is 6.45. The molecule has 0 unspecified atom stereocenters. The van der Waals surface area contributed by atoms with Gasteiger partial charge in [-0.3, -0.25) is 4.90 Å². The Balaban J connectivity index is 1.54. The van der Waals surface area contributed by atoms with E-state index in [0.29, 0.717) is 5.82 Å². The number of aromatic nitrogens is 4. The minimum Gasteiger partial charge on any atom is -0.293 e. The predicted octanol–water partition coefficient (Wildman–Crippen LogP) is 2.80. The Morgan fingerprint density at radius 2 is 1.83 bits per heavy atom. The smallest absolute Gasteiger partial charge is 0.162 e. The van der Waals surface area contributed by atoms with Gasteiger partial charge in [0.25, 0.3) is 0 Å². The lowest BCUT2D eigenvalue weighted by Crippen LogP contribution is -2.31. The van der Waals surface area contributed by atoms with Gasteiger partial charge in [0.2, 0.25) is 0 Å². The number of hydrogen-bond donors (Lipinski definition) is 0. The molecule has 0 fully saturated rings. The second-order valence-electron chi connectivity index (χ2n) is 6.24. The third kappa shape index (κ3) is 3.16. The van der Waals surface area contributed by atoms with Crippen LogP contribution in [0.1, 0.15) is 22.4 Å². The van der Waals surface area contributed by atoms with E-state index in [-0.39, 0.29) is 0 Å². The molecule has 0 amide bonds. The van der Waals surface area contributed by atoms with Crippen molar-refractivity contribution in [2.24, 2.45) is 0 Å². The Labute approximate surface area is 141 Å². The zero-order chi connectivity index (χ0) is 16.4. The normalized spacial score (nSPS) is 14.4. The highest BCUT2D eigenvalue weighted by atomic mass is 15.1. The molecular formula is C19H19N5. The third-order valence-electron chi connectivity index (χ3n) is 4.37. The van der Waals surface area contributed by atoms with Crippen LogP contribution in [-0.4, -0.2) is 31.4 Å². The van der Waals surface area contributed by atoms with Gasteiger partial charge >= 0.3 is 0 Å². The lowest BCUT2D eigenvalue weighted by molar-refractivity contribution is 0.241. The topological polar surface area (TPSA) is 54.8 Å². The lowest BCUT2D eigenvalue weighted by atomic mass is 10.1. The van der Waals surface area contributed by atoms with Crippen molar-refractivity contribution < 1.29 is 0 Å². The number of fused-ring (bicyclic) bond motifs is 1. The van der Waals surface area contributed by atoms with Gasteiger partial charge in [0, 0.05) is 38.2 Å². The van der Waals surface area contributed by atoms with Crippen molar-refractivity contribution >= 4 is 0 Å². The Bertz CT molecular complexity index is 830. The first kappa shape index (κ1) is 14.9. The van der Waals surface area contributed by atoms with Crippen LogP contribution < -0.4 is 0 Å². The van der Waals surface area contributed by atoms with Crippen molar-refractivity contribution in [3.63, 3.8) is 0 Å². The third-order valence-corrected chi connectivity index (χ3v) is 4.37. The molecular weight excluding hydrogens is 298 g/mol. The molecule has 0 N–H and O–H groups in total. The fourth-order valence-electron chi connectivity index (χ4n) is 3.00. The molecule has 3 aromatic rings. The summed E-state index contributed by atoms with van der Waals surface area (Å²) in [6, 6.07) is 8.75. The van der Waals surface area contributed by atoms with Gasteiger partial charge in [-0.1, -0.05) is 29.8 Å². The zero-order valence-electron chi connectivity index (χ0n) is 13.7. The van der Waals surface area contributed by atoms with Crippen LogP contribution in [0.3, 0.4) is 0 Å². The Hall–Kier alpha value is -2.66. The summed E-state index contributed by atoms with van der Waals surface area (Å²) in [5, 5.41) is 0. The maximum Gasteiger partial charge on any atom is 0.162 e. The quantitative estimate of drug-likeness (QED) is 0.743. The van der Waals surface area contributed by atoms with Crippen molar-refractivity contribution in [2.45, 2.75) is 26.4 Å². The monoisotopic (exact) mass is 317 g/mol.